The second-order valence-corrected chi connectivity index (χ2v) is 6.34. The van der Waals surface area contributed by atoms with Gasteiger partial charge in [0.05, 0.1) is 22.9 Å². The van der Waals surface area contributed by atoms with Gasteiger partial charge in [0.25, 0.3) is 0 Å². The minimum atomic E-state index is -0.873. The molecule has 0 radical (unpaired) electrons. The molecule has 2 amide bonds. The summed E-state index contributed by atoms with van der Waals surface area (Å²) in [6.07, 6.45) is 2.16. The van der Waals surface area contributed by atoms with Gasteiger partial charge in [-0.15, -0.1) is 0 Å². The van der Waals surface area contributed by atoms with Crippen LogP contribution in [0, 0.1) is 0 Å². The summed E-state index contributed by atoms with van der Waals surface area (Å²) in [5.74, 6) is -1.25. The third kappa shape index (κ3) is 6.58. The Hall–Kier alpha value is -2.57. The number of carbonyl (C=O) groups is 2. The van der Waals surface area contributed by atoms with Gasteiger partial charge in [0.2, 0.25) is 0 Å². The maximum Gasteiger partial charge on any atom is 0.329 e. The molecule has 8 heteroatoms. The zero-order valence-corrected chi connectivity index (χ0v) is 16.2. The van der Waals surface area contributed by atoms with Gasteiger partial charge in [-0.25, -0.2) is 5.43 Å². The summed E-state index contributed by atoms with van der Waals surface area (Å²) in [4.78, 5) is 23.5. The molecule has 0 atom stereocenters. The van der Waals surface area contributed by atoms with Crippen LogP contribution in [0.3, 0.4) is 0 Å². The second-order valence-electron chi connectivity index (χ2n) is 5.53. The molecule has 2 rings (SSSR count). The molecule has 0 saturated heterocycles. The standard InChI is InChI=1S/C19H19Cl2N3O3/c1-2-8-27-17-15(20)9-14(10-16(17)21)12-23-24-19(26)18(25)22-11-13-6-4-3-5-7-13/h3-7,9-10,12H,2,8,11H2,1H3,(H,22,25)(H,24,26)/b23-12-. The van der Waals surface area contributed by atoms with E-state index in [1.54, 1.807) is 12.1 Å². The monoisotopic (exact) mass is 407 g/mol. The SMILES string of the molecule is CCCOc1c(Cl)cc(/C=N\NC(=O)C(=O)NCc2ccccc2)cc1Cl. The summed E-state index contributed by atoms with van der Waals surface area (Å²) < 4.78 is 5.48. The molecule has 0 bridgehead atoms. The van der Waals surface area contributed by atoms with Crippen molar-refractivity contribution in [3.63, 3.8) is 0 Å². The first-order chi connectivity index (χ1) is 13.0. The van der Waals surface area contributed by atoms with Crippen LogP contribution in [0.2, 0.25) is 10.0 Å². The van der Waals surface area contributed by atoms with Crippen LogP contribution in [-0.4, -0.2) is 24.6 Å². The van der Waals surface area contributed by atoms with E-state index < -0.39 is 11.8 Å². The molecule has 0 aliphatic carbocycles. The fourth-order valence-electron chi connectivity index (χ4n) is 2.07. The van der Waals surface area contributed by atoms with Crippen molar-refractivity contribution in [3.05, 3.63) is 63.6 Å². The normalized spacial score (nSPS) is 10.6. The average molecular weight is 408 g/mol. The second kappa shape index (κ2) is 10.5. The highest BCUT2D eigenvalue weighted by Gasteiger charge is 2.12. The van der Waals surface area contributed by atoms with Crippen LogP contribution in [-0.2, 0) is 16.1 Å². The lowest BCUT2D eigenvalue weighted by Crippen LogP contribution is -2.37. The van der Waals surface area contributed by atoms with Crippen molar-refractivity contribution in [2.45, 2.75) is 19.9 Å². The molecule has 0 saturated carbocycles. The summed E-state index contributed by atoms with van der Waals surface area (Å²) >= 11 is 12.3. The van der Waals surface area contributed by atoms with E-state index in [1.165, 1.54) is 6.21 Å². The first kappa shape index (κ1) is 20.7. The lowest BCUT2D eigenvalue weighted by atomic mass is 10.2. The molecule has 0 fully saturated rings. The zero-order chi connectivity index (χ0) is 19.6. The highest BCUT2D eigenvalue weighted by molar-refractivity contribution is 6.37. The Labute approximate surface area is 167 Å². The Bertz CT molecular complexity index is 803. The zero-order valence-electron chi connectivity index (χ0n) is 14.7. The fraction of sp³-hybridized carbons (Fsp3) is 0.211. The first-order valence-corrected chi connectivity index (χ1v) is 9.04. The molecule has 142 valence electrons. The third-order valence-electron chi connectivity index (χ3n) is 3.35. The number of hydrogen-bond acceptors (Lipinski definition) is 4. The number of ether oxygens (including phenoxy) is 1. The smallest absolute Gasteiger partial charge is 0.329 e. The van der Waals surface area contributed by atoms with Gasteiger partial charge in [0, 0.05) is 6.54 Å². The molecule has 2 N–H and O–H groups in total. The highest BCUT2D eigenvalue weighted by atomic mass is 35.5. The lowest BCUT2D eigenvalue weighted by molar-refractivity contribution is -0.139. The molecule has 0 aliphatic rings. The van der Waals surface area contributed by atoms with E-state index in [2.05, 4.69) is 15.8 Å². The largest absolute Gasteiger partial charge is 0.490 e. The summed E-state index contributed by atoms with van der Waals surface area (Å²) in [6, 6.07) is 12.5. The van der Waals surface area contributed by atoms with Gasteiger partial charge in [0.1, 0.15) is 0 Å². The van der Waals surface area contributed by atoms with Gasteiger partial charge in [0.15, 0.2) is 5.75 Å². The number of halogens is 2. The summed E-state index contributed by atoms with van der Waals surface area (Å²) in [5.41, 5.74) is 3.60. The van der Waals surface area contributed by atoms with Crippen molar-refractivity contribution in [1.82, 2.24) is 10.7 Å². The number of amides is 2. The fourth-order valence-corrected chi connectivity index (χ4v) is 2.68. The predicted octanol–water partition coefficient (Wildman–Crippen LogP) is 3.55. The summed E-state index contributed by atoms with van der Waals surface area (Å²) in [6.45, 7) is 2.73. The van der Waals surface area contributed by atoms with Crippen molar-refractivity contribution in [2.75, 3.05) is 6.61 Å². The van der Waals surface area contributed by atoms with Crippen LogP contribution in [0.4, 0.5) is 0 Å². The summed E-state index contributed by atoms with van der Waals surface area (Å²) in [5, 5.41) is 6.93. The van der Waals surface area contributed by atoms with Crippen LogP contribution in [0.5, 0.6) is 5.75 Å². The number of benzene rings is 2. The van der Waals surface area contributed by atoms with Crippen molar-refractivity contribution < 1.29 is 14.3 Å². The number of hydrogen-bond donors (Lipinski definition) is 2. The van der Waals surface area contributed by atoms with Gasteiger partial charge in [-0.05, 0) is 29.7 Å². The number of rotatable bonds is 7. The van der Waals surface area contributed by atoms with Gasteiger partial charge >= 0.3 is 11.8 Å². The van der Waals surface area contributed by atoms with Crippen LogP contribution < -0.4 is 15.5 Å². The van der Waals surface area contributed by atoms with Gasteiger partial charge in [-0.3, -0.25) is 9.59 Å². The molecule has 0 aliphatic heterocycles. The van der Waals surface area contributed by atoms with E-state index in [0.29, 0.717) is 28.0 Å². The van der Waals surface area contributed by atoms with Crippen LogP contribution in [0.25, 0.3) is 0 Å². The van der Waals surface area contributed by atoms with E-state index in [1.807, 2.05) is 37.3 Å². The first-order valence-electron chi connectivity index (χ1n) is 8.28. The maximum absolute atomic E-state index is 11.8. The molecular formula is C19H19Cl2N3O3. The Kier molecular flexibility index (Phi) is 8.10. The summed E-state index contributed by atoms with van der Waals surface area (Å²) in [7, 11) is 0. The Morgan fingerprint density at radius 3 is 2.41 bits per heavy atom. The molecule has 2 aromatic carbocycles. The van der Waals surface area contributed by atoms with Gasteiger partial charge in [-0.1, -0.05) is 60.5 Å². The molecule has 27 heavy (non-hydrogen) atoms. The third-order valence-corrected chi connectivity index (χ3v) is 3.91. The topological polar surface area (TPSA) is 79.8 Å². The number of hydrazone groups is 1. The average Bonchev–Trinajstić information content (AvgIpc) is 2.66. The molecule has 0 unspecified atom stereocenters. The maximum atomic E-state index is 11.8. The minimum absolute atomic E-state index is 0.251. The van der Waals surface area contributed by atoms with Crippen molar-refractivity contribution in [3.8, 4) is 5.75 Å². The Balaban J connectivity index is 1.88. The quantitative estimate of drug-likeness (QED) is 0.418. The highest BCUT2D eigenvalue weighted by Crippen LogP contribution is 2.33. The van der Waals surface area contributed by atoms with E-state index >= 15 is 0 Å². The minimum Gasteiger partial charge on any atom is -0.490 e. The number of nitrogens with one attached hydrogen (secondary N) is 2. The van der Waals surface area contributed by atoms with Crippen LogP contribution in [0.1, 0.15) is 24.5 Å². The Morgan fingerprint density at radius 2 is 1.78 bits per heavy atom. The molecule has 0 heterocycles. The Morgan fingerprint density at radius 1 is 1.11 bits per heavy atom. The molecular weight excluding hydrogens is 389 g/mol. The van der Waals surface area contributed by atoms with Gasteiger partial charge in [-0.2, -0.15) is 5.10 Å². The van der Waals surface area contributed by atoms with Crippen LogP contribution in [0.15, 0.2) is 47.6 Å². The van der Waals surface area contributed by atoms with E-state index in [9.17, 15) is 9.59 Å². The molecule has 2 aromatic rings. The lowest BCUT2D eigenvalue weighted by Gasteiger charge is -2.09. The predicted molar refractivity (Wildman–Crippen MR) is 106 cm³/mol. The van der Waals surface area contributed by atoms with E-state index in [-0.39, 0.29) is 6.54 Å². The number of nitrogens with zero attached hydrogens (tertiary/aromatic N) is 1. The van der Waals surface area contributed by atoms with E-state index in [4.69, 9.17) is 27.9 Å². The van der Waals surface area contributed by atoms with Crippen LogP contribution >= 0.6 is 23.2 Å². The van der Waals surface area contributed by atoms with Crippen molar-refractivity contribution >= 4 is 41.2 Å². The molecule has 6 nitrogen and oxygen atoms in total. The van der Waals surface area contributed by atoms with Gasteiger partial charge < -0.3 is 10.1 Å². The van der Waals surface area contributed by atoms with Crippen molar-refractivity contribution in [1.29, 1.82) is 0 Å². The number of carbonyl (C=O) groups excluding carboxylic acids is 2. The van der Waals surface area contributed by atoms with Crippen molar-refractivity contribution in [2.24, 2.45) is 5.10 Å². The molecule has 0 spiro atoms. The molecule has 0 aromatic heterocycles. The van der Waals surface area contributed by atoms with E-state index in [0.717, 1.165) is 12.0 Å².